The summed E-state index contributed by atoms with van der Waals surface area (Å²) in [4.78, 5) is 28.4. The lowest BCUT2D eigenvalue weighted by molar-refractivity contribution is -0.110. The number of hydrogen-bond acceptors (Lipinski definition) is 3. The van der Waals surface area contributed by atoms with Gasteiger partial charge in [-0.1, -0.05) is 6.07 Å². The molecule has 0 saturated carbocycles. The van der Waals surface area contributed by atoms with Crippen LogP contribution in [-0.2, 0) is 4.79 Å². The van der Waals surface area contributed by atoms with Crippen molar-refractivity contribution in [3.05, 3.63) is 75.7 Å². The highest BCUT2D eigenvalue weighted by molar-refractivity contribution is 7.12. The predicted octanol–water partition coefficient (Wildman–Crippen LogP) is 3.80. The van der Waals surface area contributed by atoms with E-state index in [1.807, 2.05) is 23.6 Å². The number of aromatic amines is 1. The van der Waals surface area contributed by atoms with Crippen molar-refractivity contribution in [3.63, 3.8) is 0 Å². The van der Waals surface area contributed by atoms with E-state index in [1.54, 1.807) is 36.5 Å². The number of carbonyl (C=O) groups excluding carboxylic acids is 2. The molecule has 0 bridgehead atoms. The first-order valence-electron chi connectivity index (χ1n) is 7.11. The molecule has 23 heavy (non-hydrogen) atoms. The molecule has 0 radical (unpaired) electrons. The largest absolute Gasteiger partial charge is 0.362 e. The normalized spacial score (nSPS) is 14.8. The minimum absolute atomic E-state index is 0.0265. The van der Waals surface area contributed by atoms with Gasteiger partial charge in [0.15, 0.2) is 0 Å². The van der Waals surface area contributed by atoms with Gasteiger partial charge in [0, 0.05) is 28.7 Å². The van der Waals surface area contributed by atoms with Gasteiger partial charge in [0.2, 0.25) is 5.78 Å². The van der Waals surface area contributed by atoms with E-state index in [1.165, 1.54) is 11.3 Å². The summed E-state index contributed by atoms with van der Waals surface area (Å²) in [6, 6.07) is 12.7. The Morgan fingerprint density at radius 3 is 2.78 bits per heavy atom. The quantitative estimate of drug-likeness (QED) is 0.569. The molecular weight excluding hydrogens is 308 g/mol. The maximum Gasteiger partial charge on any atom is 0.256 e. The Labute approximate surface area is 136 Å². The second-order valence-electron chi connectivity index (χ2n) is 5.20. The van der Waals surface area contributed by atoms with Crippen LogP contribution in [0.25, 0.3) is 11.6 Å². The number of benzene rings is 1. The van der Waals surface area contributed by atoms with Crippen LogP contribution in [0.2, 0.25) is 0 Å². The van der Waals surface area contributed by atoms with E-state index in [0.717, 1.165) is 16.9 Å². The van der Waals surface area contributed by atoms with Gasteiger partial charge in [0.25, 0.3) is 5.91 Å². The maximum absolute atomic E-state index is 12.5. The number of hydrogen-bond donors (Lipinski definition) is 2. The summed E-state index contributed by atoms with van der Waals surface area (Å²) in [5, 5.41) is 4.71. The van der Waals surface area contributed by atoms with E-state index < -0.39 is 0 Å². The third-order valence-electron chi connectivity index (χ3n) is 3.73. The fourth-order valence-corrected chi connectivity index (χ4v) is 3.30. The molecule has 3 heterocycles. The fraction of sp³-hybridized carbons (Fsp3) is 0. The first kappa shape index (κ1) is 13.7. The van der Waals surface area contributed by atoms with Crippen LogP contribution in [0.4, 0.5) is 5.69 Å². The van der Waals surface area contributed by atoms with E-state index in [9.17, 15) is 9.59 Å². The van der Waals surface area contributed by atoms with E-state index in [4.69, 9.17) is 0 Å². The van der Waals surface area contributed by atoms with Crippen LogP contribution in [0.3, 0.4) is 0 Å². The highest BCUT2D eigenvalue weighted by Crippen LogP contribution is 2.34. The minimum atomic E-state index is -0.157. The topological polar surface area (TPSA) is 62.0 Å². The van der Waals surface area contributed by atoms with Crippen LogP contribution in [0.15, 0.2) is 54.0 Å². The fourth-order valence-electron chi connectivity index (χ4n) is 2.61. The summed E-state index contributed by atoms with van der Waals surface area (Å²) in [5.41, 5.74) is 3.48. The van der Waals surface area contributed by atoms with Gasteiger partial charge in [-0.05, 0) is 47.9 Å². The van der Waals surface area contributed by atoms with Crippen LogP contribution < -0.4 is 5.32 Å². The molecule has 0 fully saturated rings. The molecule has 0 saturated heterocycles. The number of aromatic nitrogens is 1. The predicted molar refractivity (Wildman–Crippen MR) is 91.5 cm³/mol. The molecule has 4 rings (SSSR count). The molecule has 3 aromatic rings. The number of carbonyl (C=O) groups is 2. The Kier molecular flexibility index (Phi) is 3.20. The maximum atomic E-state index is 12.5. The van der Waals surface area contributed by atoms with Crippen molar-refractivity contribution >= 4 is 40.4 Å². The van der Waals surface area contributed by atoms with Crippen LogP contribution in [0.1, 0.15) is 26.5 Å². The average molecular weight is 320 g/mol. The molecule has 4 nitrogen and oxygen atoms in total. The summed E-state index contributed by atoms with van der Waals surface area (Å²) in [7, 11) is 0. The Bertz CT molecular complexity index is 922. The third-order valence-corrected chi connectivity index (χ3v) is 4.60. The Morgan fingerprint density at radius 1 is 1.13 bits per heavy atom. The summed E-state index contributed by atoms with van der Waals surface area (Å²) >= 11 is 1.41. The molecule has 1 aliphatic rings. The number of anilines is 1. The monoisotopic (exact) mass is 320 g/mol. The average Bonchev–Trinajstić information content (AvgIpc) is 3.29. The van der Waals surface area contributed by atoms with E-state index in [2.05, 4.69) is 10.3 Å². The molecule has 112 valence electrons. The van der Waals surface area contributed by atoms with Crippen LogP contribution in [0, 0.1) is 0 Å². The van der Waals surface area contributed by atoms with Crippen molar-refractivity contribution in [1.82, 2.24) is 4.98 Å². The van der Waals surface area contributed by atoms with Gasteiger partial charge in [-0.15, -0.1) is 11.3 Å². The van der Waals surface area contributed by atoms with Crippen molar-refractivity contribution in [3.8, 4) is 0 Å². The number of thiophene rings is 1. The smallest absolute Gasteiger partial charge is 0.256 e. The molecule has 0 aliphatic carbocycles. The number of rotatable bonds is 3. The van der Waals surface area contributed by atoms with Gasteiger partial charge in [-0.3, -0.25) is 9.59 Å². The number of H-pyrrole nitrogens is 1. The highest BCUT2D eigenvalue weighted by Gasteiger charge is 2.25. The lowest BCUT2D eigenvalue weighted by atomic mass is 10.0. The Hall–Kier alpha value is -2.92. The van der Waals surface area contributed by atoms with Crippen molar-refractivity contribution in [1.29, 1.82) is 0 Å². The first-order chi connectivity index (χ1) is 11.2. The molecule has 0 atom stereocenters. The Balaban J connectivity index is 1.78. The van der Waals surface area contributed by atoms with E-state index in [-0.39, 0.29) is 11.7 Å². The summed E-state index contributed by atoms with van der Waals surface area (Å²) in [5.74, 6) is -0.184. The molecule has 2 aromatic heterocycles. The van der Waals surface area contributed by atoms with Crippen molar-refractivity contribution < 1.29 is 9.59 Å². The lowest BCUT2D eigenvalue weighted by Crippen LogP contribution is -2.03. The number of fused-ring (bicyclic) bond motifs is 1. The molecule has 0 spiro atoms. The standard InChI is InChI=1S/C18H12N2O2S/c21-17(16-4-2-8-23-16)11-5-6-15-13(9-11)14(18(22)20-15)10-12-3-1-7-19-12/h1-10,19H,(H,20,22)/b14-10-. The van der Waals surface area contributed by atoms with Crippen LogP contribution >= 0.6 is 11.3 Å². The second-order valence-corrected chi connectivity index (χ2v) is 6.15. The van der Waals surface area contributed by atoms with Crippen molar-refractivity contribution in [2.24, 2.45) is 0 Å². The van der Waals surface area contributed by atoms with Crippen molar-refractivity contribution in [2.75, 3.05) is 5.32 Å². The Morgan fingerprint density at radius 2 is 2.04 bits per heavy atom. The molecule has 0 unspecified atom stereocenters. The summed E-state index contributed by atoms with van der Waals surface area (Å²) < 4.78 is 0. The molecular formula is C18H12N2O2S. The van der Waals surface area contributed by atoms with Gasteiger partial charge in [0.05, 0.1) is 10.5 Å². The zero-order valence-corrected chi connectivity index (χ0v) is 12.8. The van der Waals surface area contributed by atoms with Gasteiger partial charge in [-0.25, -0.2) is 0 Å². The van der Waals surface area contributed by atoms with E-state index >= 15 is 0 Å². The summed E-state index contributed by atoms with van der Waals surface area (Å²) in [6.45, 7) is 0. The van der Waals surface area contributed by atoms with Crippen LogP contribution in [-0.4, -0.2) is 16.7 Å². The molecule has 5 heteroatoms. The molecule has 1 amide bonds. The number of ketones is 1. The van der Waals surface area contributed by atoms with Crippen LogP contribution in [0.5, 0.6) is 0 Å². The second kappa shape index (κ2) is 5.37. The van der Waals surface area contributed by atoms with Gasteiger partial charge < -0.3 is 10.3 Å². The molecule has 1 aromatic carbocycles. The van der Waals surface area contributed by atoms with Crippen molar-refractivity contribution in [2.45, 2.75) is 0 Å². The van der Waals surface area contributed by atoms with Gasteiger partial charge >= 0.3 is 0 Å². The zero-order valence-electron chi connectivity index (χ0n) is 12.0. The zero-order chi connectivity index (χ0) is 15.8. The lowest BCUT2D eigenvalue weighted by Gasteiger charge is -2.03. The third kappa shape index (κ3) is 2.41. The number of amides is 1. The van der Waals surface area contributed by atoms with Gasteiger partial charge in [0.1, 0.15) is 0 Å². The number of nitrogens with one attached hydrogen (secondary N) is 2. The van der Waals surface area contributed by atoms with E-state index in [0.29, 0.717) is 16.0 Å². The highest BCUT2D eigenvalue weighted by atomic mass is 32.1. The first-order valence-corrected chi connectivity index (χ1v) is 7.99. The van der Waals surface area contributed by atoms with Gasteiger partial charge in [-0.2, -0.15) is 0 Å². The minimum Gasteiger partial charge on any atom is -0.362 e. The molecule has 2 N–H and O–H groups in total. The SMILES string of the molecule is O=C1Nc2ccc(C(=O)c3cccs3)cc2/C1=C/c1ccc[nH]1. The molecule has 1 aliphatic heterocycles. The summed E-state index contributed by atoms with van der Waals surface area (Å²) in [6.07, 6.45) is 3.59.